The molecule has 0 saturated carbocycles. The fourth-order valence-electron chi connectivity index (χ4n) is 3.05. The van der Waals surface area contributed by atoms with Gasteiger partial charge in [0.1, 0.15) is 0 Å². The third kappa shape index (κ3) is 2.33. The highest BCUT2D eigenvalue weighted by atomic mass is 15.1. The normalized spacial score (nSPS) is 14.1. The number of benzene rings is 2. The number of aromatic nitrogens is 2. The van der Waals surface area contributed by atoms with Crippen LogP contribution in [0.1, 0.15) is 24.0 Å². The van der Waals surface area contributed by atoms with Crippen LogP contribution in [0.3, 0.4) is 0 Å². The molecule has 0 bridgehead atoms. The standard InChI is InChI=1S/C17H18N4/c18-13-6-3-7-14(10-13)19-17-20-15-8-11-4-1-2-5-12(11)9-16(15)21-17/h3,6-10H,1-2,4-5,18H2,(H2,19,20,21). The van der Waals surface area contributed by atoms with Crippen molar-refractivity contribution in [1.29, 1.82) is 0 Å². The highest BCUT2D eigenvalue weighted by Gasteiger charge is 2.12. The molecule has 0 saturated heterocycles. The van der Waals surface area contributed by atoms with E-state index >= 15 is 0 Å². The fraction of sp³-hybridized carbons (Fsp3) is 0.235. The van der Waals surface area contributed by atoms with Gasteiger partial charge in [0.2, 0.25) is 5.95 Å². The minimum absolute atomic E-state index is 0.742. The number of aryl methyl sites for hydroxylation is 2. The number of fused-ring (bicyclic) bond motifs is 2. The molecular formula is C17H18N4. The van der Waals surface area contributed by atoms with E-state index in [0.717, 1.165) is 28.4 Å². The maximum Gasteiger partial charge on any atom is 0.205 e. The second-order valence-corrected chi connectivity index (χ2v) is 5.68. The van der Waals surface area contributed by atoms with Gasteiger partial charge < -0.3 is 16.0 Å². The number of aromatic amines is 1. The Morgan fingerprint density at radius 1 is 1.05 bits per heavy atom. The number of nitrogens with two attached hydrogens (primary N) is 1. The van der Waals surface area contributed by atoms with Gasteiger partial charge in [0.05, 0.1) is 11.0 Å². The van der Waals surface area contributed by atoms with Gasteiger partial charge in [-0.2, -0.15) is 0 Å². The van der Waals surface area contributed by atoms with Crippen molar-refractivity contribution in [2.75, 3.05) is 11.1 Å². The summed E-state index contributed by atoms with van der Waals surface area (Å²) in [5.41, 5.74) is 12.5. The minimum Gasteiger partial charge on any atom is -0.399 e. The first-order valence-electron chi connectivity index (χ1n) is 7.42. The zero-order chi connectivity index (χ0) is 14.2. The number of H-pyrrole nitrogens is 1. The van der Waals surface area contributed by atoms with E-state index in [1.165, 1.54) is 36.8 Å². The molecule has 1 heterocycles. The molecule has 0 atom stereocenters. The summed E-state index contributed by atoms with van der Waals surface area (Å²) < 4.78 is 0. The Bertz CT molecular complexity index is 761. The predicted molar refractivity (Wildman–Crippen MR) is 86.9 cm³/mol. The Balaban J connectivity index is 1.70. The number of hydrogen-bond acceptors (Lipinski definition) is 3. The lowest BCUT2D eigenvalue weighted by molar-refractivity contribution is 0.687. The van der Waals surface area contributed by atoms with Crippen molar-refractivity contribution >= 4 is 28.4 Å². The highest BCUT2D eigenvalue weighted by Crippen LogP contribution is 2.27. The molecule has 106 valence electrons. The van der Waals surface area contributed by atoms with Crippen molar-refractivity contribution in [3.05, 3.63) is 47.5 Å². The maximum absolute atomic E-state index is 5.80. The van der Waals surface area contributed by atoms with Gasteiger partial charge in [-0.3, -0.25) is 0 Å². The Hall–Kier alpha value is -2.49. The lowest BCUT2D eigenvalue weighted by atomic mass is 9.91. The maximum atomic E-state index is 5.80. The molecular weight excluding hydrogens is 260 g/mol. The van der Waals surface area contributed by atoms with Crippen molar-refractivity contribution in [2.45, 2.75) is 25.7 Å². The Morgan fingerprint density at radius 3 is 2.67 bits per heavy atom. The average Bonchev–Trinajstić information content (AvgIpc) is 2.85. The van der Waals surface area contributed by atoms with Crippen LogP contribution in [0.2, 0.25) is 0 Å². The molecule has 0 spiro atoms. The lowest BCUT2D eigenvalue weighted by Gasteiger charge is -2.14. The third-order valence-electron chi connectivity index (χ3n) is 4.09. The number of nitrogen functional groups attached to an aromatic ring is 1. The number of anilines is 3. The van der Waals surface area contributed by atoms with Crippen molar-refractivity contribution in [2.24, 2.45) is 0 Å². The van der Waals surface area contributed by atoms with Gasteiger partial charge in [0.25, 0.3) is 0 Å². The van der Waals surface area contributed by atoms with E-state index in [4.69, 9.17) is 5.73 Å². The van der Waals surface area contributed by atoms with E-state index in [1.807, 2.05) is 24.3 Å². The Morgan fingerprint density at radius 2 is 1.86 bits per heavy atom. The van der Waals surface area contributed by atoms with Crippen LogP contribution in [-0.2, 0) is 12.8 Å². The van der Waals surface area contributed by atoms with Gasteiger partial charge in [0.15, 0.2) is 0 Å². The van der Waals surface area contributed by atoms with Crippen LogP contribution >= 0.6 is 0 Å². The Labute approximate surface area is 123 Å². The number of nitrogens with zero attached hydrogens (tertiary/aromatic N) is 1. The van der Waals surface area contributed by atoms with Crippen LogP contribution in [0.25, 0.3) is 11.0 Å². The van der Waals surface area contributed by atoms with Crippen LogP contribution < -0.4 is 11.1 Å². The molecule has 1 aromatic heterocycles. The number of nitrogens with one attached hydrogen (secondary N) is 2. The van der Waals surface area contributed by atoms with Crippen LogP contribution in [0, 0.1) is 0 Å². The monoisotopic (exact) mass is 278 g/mol. The third-order valence-corrected chi connectivity index (χ3v) is 4.09. The van der Waals surface area contributed by atoms with E-state index in [0.29, 0.717) is 0 Å². The van der Waals surface area contributed by atoms with Crippen LogP contribution in [-0.4, -0.2) is 9.97 Å². The van der Waals surface area contributed by atoms with E-state index in [1.54, 1.807) is 0 Å². The van der Waals surface area contributed by atoms with Crippen molar-refractivity contribution in [1.82, 2.24) is 9.97 Å². The molecule has 1 aliphatic rings. The molecule has 4 nitrogen and oxygen atoms in total. The van der Waals surface area contributed by atoms with E-state index in [-0.39, 0.29) is 0 Å². The first-order valence-corrected chi connectivity index (χ1v) is 7.42. The molecule has 3 aromatic rings. The van der Waals surface area contributed by atoms with Gasteiger partial charge in [-0.1, -0.05) is 6.07 Å². The molecule has 4 N–H and O–H groups in total. The predicted octanol–water partition coefficient (Wildman–Crippen LogP) is 3.77. The molecule has 0 unspecified atom stereocenters. The number of rotatable bonds is 2. The van der Waals surface area contributed by atoms with Gasteiger partial charge in [0, 0.05) is 11.4 Å². The summed E-state index contributed by atoms with van der Waals surface area (Å²) in [6, 6.07) is 12.2. The quantitative estimate of drug-likeness (QED) is 0.625. The first-order chi connectivity index (χ1) is 10.3. The zero-order valence-electron chi connectivity index (χ0n) is 11.8. The van der Waals surface area contributed by atoms with Crippen molar-refractivity contribution in [3.63, 3.8) is 0 Å². The largest absolute Gasteiger partial charge is 0.399 e. The molecule has 0 amide bonds. The fourth-order valence-corrected chi connectivity index (χ4v) is 3.05. The molecule has 1 aliphatic carbocycles. The van der Waals surface area contributed by atoms with E-state index in [9.17, 15) is 0 Å². The molecule has 0 aliphatic heterocycles. The second kappa shape index (κ2) is 4.81. The molecule has 21 heavy (non-hydrogen) atoms. The smallest absolute Gasteiger partial charge is 0.205 e. The molecule has 0 fully saturated rings. The second-order valence-electron chi connectivity index (χ2n) is 5.68. The zero-order valence-corrected chi connectivity index (χ0v) is 11.8. The van der Waals surface area contributed by atoms with Crippen LogP contribution in [0.5, 0.6) is 0 Å². The van der Waals surface area contributed by atoms with Gasteiger partial charge in [-0.15, -0.1) is 0 Å². The minimum atomic E-state index is 0.742. The Kier molecular flexibility index (Phi) is 2.81. The molecule has 0 radical (unpaired) electrons. The van der Waals surface area contributed by atoms with Crippen LogP contribution in [0.4, 0.5) is 17.3 Å². The van der Waals surface area contributed by atoms with Crippen LogP contribution in [0.15, 0.2) is 36.4 Å². The average molecular weight is 278 g/mol. The van der Waals surface area contributed by atoms with Gasteiger partial charge >= 0.3 is 0 Å². The summed E-state index contributed by atoms with van der Waals surface area (Å²) in [4.78, 5) is 7.99. The van der Waals surface area contributed by atoms with E-state index < -0.39 is 0 Å². The summed E-state index contributed by atoms with van der Waals surface area (Å²) in [5, 5.41) is 3.28. The topological polar surface area (TPSA) is 66.7 Å². The molecule has 4 heteroatoms. The SMILES string of the molecule is Nc1cccc(Nc2nc3cc4c(cc3[nH]2)CCCC4)c1. The first kappa shape index (κ1) is 12.3. The summed E-state index contributed by atoms with van der Waals surface area (Å²) in [6.45, 7) is 0. The summed E-state index contributed by atoms with van der Waals surface area (Å²) in [7, 11) is 0. The lowest BCUT2D eigenvalue weighted by Crippen LogP contribution is -2.01. The summed E-state index contributed by atoms with van der Waals surface area (Å²) >= 11 is 0. The highest BCUT2D eigenvalue weighted by molar-refractivity contribution is 5.80. The molecule has 2 aromatic carbocycles. The van der Waals surface area contributed by atoms with Gasteiger partial charge in [-0.25, -0.2) is 4.98 Å². The summed E-state index contributed by atoms with van der Waals surface area (Å²) in [5.74, 6) is 0.762. The van der Waals surface area contributed by atoms with Crippen molar-refractivity contribution in [3.8, 4) is 0 Å². The summed E-state index contributed by atoms with van der Waals surface area (Å²) in [6.07, 6.45) is 4.94. The van der Waals surface area contributed by atoms with Gasteiger partial charge in [-0.05, 0) is 67.1 Å². The molecule has 4 rings (SSSR count). The number of imidazole rings is 1. The van der Waals surface area contributed by atoms with Crippen molar-refractivity contribution < 1.29 is 0 Å². The van der Waals surface area contributed by atoms with E-state index in [2.05, 4.69) is 27.4 Å². The number of hydrogen-bond donors (Lipinski definition) is 3.